The van der Waals surface area contributed by atoms with Crippen LogP contribution in [0.5, 0.6) is 0 Å². The van der Waals surface area contributed by atoms with Gasteiger partial charge in [0, 0.05) is 5.54 Å². The molecule has 0 amide bonds. The number of rotatable bonds is 4. The molecule has 0 spiro atoms. The van der Waals surface area contributed by atoms with Crippen LogP contribution >= 0.6 is 0 Å². The quantitative estimate of drug-likeness (QED) is 0.836. The molecule has 1 aliphatic heterocycles. The topological polar surface area (TPSA) is 85.6 Å². The molecule has 7 heteroatoms. The number of sulfone groups is 1. The SMILES string of the molecule is COC(=O)c1cc(CNC2(C)CCS(=O)(=O)C2)oc1C. The second-order valence-corrected chi connectivity index (χ2v) is 7.61. The predicted octanol–water partition coefficient (Wildman–Crippen LogP) is 1.04. The van der Waals surface area contributed by atoms with Crippen molar-refractivity contribution >= 4 is 15.8 Å². The zero-order valence-electron chi connectivity index (χ0n) is 11.9. The van der Waals surface area contributed by atoms with Crippen molar-refractivity contribution in [3.05, 3.63) is 23.2 Å². The van der Waals surface area contributed by atoms with Gasteiger partial charge in [-0.25, -0.2) is 13.2 Å². The second-order valence-electron chi connectivity index (χ2n) is 5.43. The molecule has 0 bridgehead atoms. The molecule has 2 rings (SSSR count). The smallest absolute Gasteiger partial charge is 0.341 e. The van der Waals surface area contributed by atoms with Gasteiger partial charge in [-0.2, -0.15) is 0 Å². The summed E-state index contributed by atoms with van der Waals surface area (Å²) in [6, 6.07) is 1.63. The first kappa shape index (κ1) is 15.1. The lowest BCUT2D eigenvalue weighted by atomic mass is 10.0. The number of esters is 1. The number of nitrogens with one attached hydrogen (secondary N) is 1. The minimum atomic E-state index is -2.95. The van der Waals surface area contributed by atoms with Crippen LogP contribution in [-0.4, -0.2) is 38.5 Å². The number of methoxy groups -OCH3 is 1. The molecule has 1 aromatic rings. The maximum Gasteiger partial charge on any atom is 0.341 e. The summed E-state index contributed by atoms with van der Waals surface area (Å²) >= 11 is 0. The molecule has 1 N–H and O–H groups in total. The normalized spacial score (nSPS) is 24.8. The van der Waals surface area contributed by atoms with Crippen LogP contribution < -0.4 is 5.32 Å². The Balaban J connectivity index is 2.03. The van der Waals surface area contributed by atoms with Crippen molar-refractivity contribution in [1.82, 2.24) is 5.32 Å². The van der Waals surface area contributed by atoms with Crippen LogP contribution in [0.4, 0.5) is 0 Å². The Morgan fingerprint density at radius 3 is 2.80 bits per heavy atom. The Labute approximate surface area is 118 Å². The van der Waals surface area contributed by atoms with Gasteiger partial charge >= 0.3 is 5.97 Å². The van der Waals surface area contributed by atoms with Crippen molar-refractivity contribution in [2.24, 2.45) is 0 Å². The lowest BCUT2D eigenvalue weighted by Gasteiger charge is -2.23. The van der Waals surface area contributed by atoms with E-state index in [-0.39, 0.29) is 11.5 Å². The van der Waals surface area contributed by atoms with Crippen LogP contribution in [0.1, 0.15) is 35.2 Å². The predicted molar refractivity (Wildman–Crippen MR) is 73.3 cm³/mol. The number of carbonyl (C=O) groups is 1. The molecule has 0 aliphatic carbocycles. The van der Waals surface area contributed by atoms with Crippen molar-refractivity contribution in [1.29, 1.82) is 0 Å². The fourth-order valence-electron chi connectivity index (χ4n) is 2.39. The van der Waals surface area contributed by atoms with Crippen molar-refractivity contribution in [3.63, 3.8) is 0 Å². The minimum absolute atomic E-state index is 0.129. The van der Waals surface area contributed by atoms with Gasteiger partial charge in [0.15, 0.2) is 9.84 Å². The molecule has 1 fully saturated rings. The summed E-state index contributed by atoms with van der Waals surface area (Å²) in [5.74, 6) is 0.989. The number of hydrogen-bond donors (Lipinski definition) is 1. The molecule has 112 valence electrons. The molecule has 6 nitrogen and oxygen atoms in total. The van der Waals surface area contributed by atoms with E-state index in [4.69, 9.17) is 4.42 Å². The monoisotopic (exact) mass is 301 g/mol. The van der Waals surface area contributed by atoms with Crippen LogP contribution in [0, 0.1) is 6.92 Å². The average Bonchev–Trinajstić information content (AvgIpc) is 2.87. The van der Waals surface area contributed by atoms with Crippen LogP contribution in [-0.2, 0) is 21.1 Å². The summed E-state index contributed by atoms with van der Waals surface area (Å²) in [7, 11) is -1.63. The average molecular weight is 301 g/mol. The van der Waals surface area contributed by atoms with Gasteiger partial charge in [0.1, 0.15) is 17.1 Å². The molecule has 0 radical (unpaired) electrons. The molecular formula is C13H19NO5S. The van der Waals surface area contributed by atoms with E-state index in [2.05, 4.69) is 10.1 Å². The van der Waals surface area contributed by atoms with E-state index in [9.17, 15) is 13.2 Å². The minimum Gasteiger partial charge on any atom is -0.465 e. The fraction of sp³-hybridized carbons (Fsp3) is 0.615. The molecular weight excluding hydrogens is 282 g/mol. The van der Waals surface area contributed by atoms with Gasteiger partial charge in [0.05, 0.1) is 25.2 Å². The van der Waals surface area contributed by atoms with E-state index in [1.54, 1.807) is 13.0 Å². The third-order valence-corrected chi connectivity index (χ3v) is 5.47. The first-order valence-corrected chi connectivity index (χ1v) is 8.20. The molecule has 1 atom stereocenters. The summed E-state index contributed by atoms with van der Waals surface area (Å²) in [6.45, 7) is 3.95. The maximum absolute atomic E-state index is 11.5. The first-order chi connectivity index (χ1) is 9.25. The van der Waals surface area contributed by atoms with Crippen molar-refractivity contribution in [2.75, 3.05) is 18.6 Å². The number of ether oxygens (including phenoxy) is 1. The maximum atomic E-state index is 11.5. The van der Waals surface area contributed by atoms with Gasteiger partial charge in [-0.1, -0.05) is 0 Å². The Morgan fingerprint density at radius 1 is 1.55 bits per heavy atom. The van der Waals surface area contributed by atoms with Gasteiger partial charge in [0.25, 0.3) is 0 Å². The summed E-state index contributed by atoms with van der Waals surface area (Å²) in [5, 5.41) is 3.20. The van der Waals surface area contributed by atoms with Crippen molar-refractivity contribution in [2.45, 2.75) is 32.4 Å². The lowest BCUT2D eigenvalue weighted by Crippen LogP contribution is -2.42. The number of carbonyl (C=O) groups excluding carboxylic acids is 1. The zero-order valence-corrected chi connectivity index (χ0v) is 12.7. The molecule has 0 aromatic carbocycles. The van der Waals surface area contributed by atoms with Gasteiger partial charge in [-0.05, 0) is 26.3 Å². The van der Waals surface area contributed by atoms with Crippen LogP contribution in [0.2, 0.25) is 0 Å². The number of furan rings is 1. The third-order valence-electron chi connectivity index (χ3n) is 3.57. The highest BCUT2D eigenvalue weighted by atomic mass is 32.2. The van der Waals surface area contributed by atoms with Gasteiger partial charge in [-0.3, -0.25) is 0 Å². The molecule has 2 heterocycles. The molecule has 0 saturated carbocycles. The van der Waals surface area contributed by atoms with Crippen molar-refractivity contribution in [3.8, 4) is 0 Å². The molecule has 1 saturated heterocycles. The Kier molecular flexibility index (Phi) is 3.93. The molecule has 1 aliphatic rings. The third kappa shape index (κ3) is 3.21. The standard InChI is InChI=1S/C13H19NO5S/c1-9-11(12(15)18-3)6-10(19-9)7-14-13(2)4-5-20(16,17)8-13/h6,14H,4-5,7-8H2,1-3H3. The summed E-state index contributed by atoms with van der Waals surface area (Å²) in [5.41, 5.74) is -0.0428. The number of hydrogen-bond acceptors (Lipinski definition) is 6. The summed E-state index contributed by atoms with van der Waals surface area (Å²) in [4.78, 5) is 11.5. The van der Waals surface area contributed by atoms with Crippen molar-refractivity contribution < 1.29 is 22.4 Å². The van der Waals surface area contributed by atoms with Gasteiger partial charge in [0.2, 0.25) is 0 Å². The molecule has 1 unspecified atom stereocenters. The second kappa shape index (κ2) is 5.21. The van der Waals surface area contributed by atoms with E-state index < -0.39 is 21.3 Å². The zero-order chi connectivity index (χ0) is 15.0. The van der Waals surface area contributed by atoms with Gasteiger partial charge < -0.3 is 14.5 Å². The van der Waals surface area contributed by atoms with E-state index in [1.165, 1.54) is 7.11 Å². The largest absolute Gasteiger partial charge is 0.465 e. The highest BCUT2D eigenvalue weighted by molar-refractivity contribution is 7.91. The highest BCUT2D eigenvalue weighted by Gasteiger charge is 2.38. The molecule has 1 aromatic heterocycles. The Bertz CT molecular complexity index is 619. The van der Waals surface area contributed by atoms with Crippen LogP contribution in [0.3, 0.4) is 0 Å². The summed E-state index contributed by atoms with van der Waals surface area (Å²) in [6.07, 6.45) is 0.582. The van der Waals surface area contributed by atoms with E-state index in [1.807, 2.05) is 6.92 Å². The first-order valence-electron chi connectivity index (χ1n) is 6.38. The van der Waals surface area contributed by atoms with Crippen LogP contribution in [0.15, 0.2) is 10.5 Å². The van der Waals surface area contributed by atoms with E-state index in [0.717, 1.165) is 0 Å². The lowest BCUT2D eigenvalue weighted by molar-refractivity contribution is 0.0599. The molecule has 20 heavy (non-hydrogen) atoms. The van der Waals surface area contributed by atoms with Crippen LogP contribution in [0.25, 0.3) is 0 Å². The van der Waals surface area contributed by atoms with E-state index in [0.29, 0.717) is 30.0 Å². The fourth-order valence-corrected chi connectivity index (χ4v) is 4.52. The van der Waals surface area contributed by atoms with Gasteiger partial charge in [-0.15, -0.1) is 0 Å². The summed E-state index contributed by atoms with van der Waals surface area (Å²) < 4.78 is 33.2. The number of aryl methyl sites for hydroxylation is 1. The Morgan fingerprint density at radius 2 is 2.25 bits per heavy atom. The van der Waals surface area contributed by atoms with E-state index >= 15 is 0 Å². The highest BCUT2D eigenvalue weighted by Crippen LogP contribution is 2.24. The Hall–Kier alpha value is -1.34.